The van der Waals surface area contributed by atoms with Gasteiger partial charge in [0.05, 0.1) is 17.8 Å². The van der Waals surface area contributed by atoms with Crippen molar-refractivity contribution in [2.45, 2.75) is 19.9 Å². The van der Waals surface area contributed by atoms with Gasteiger partial charge >= 0.3 is 0 Å². The summed E-state index contributed by atoms with van der Waals surface area (Å²) in [6.45, 7) is 3.95. The van der Waals surface area contributed by atoms with Crippen LogP contribution in [0.15, 0.2) is 79.6 Å². The lowest BCUT2D eigenvalue weighted by molar-refractivity contribution is 0.102. The molecule has 0 fully saturated rings. The third-order valence-corrected chi connectivity index (χ3v) is 5.52. The van der Waals surface area contributed by atoms with E-state index < -0.39 is 0 Å². The highest BCUT2D eigenvalue weighted by atomic mass is 16.1. The molecule has 0 aliphatic heterocycles. The van der Waals surface area contributed by atoms with Gasteiger partial charge in [-0.15, -0.1) is 0 Å². The zero-order valence-corrected chi connectivity index (χ0v) is 18.8. The van der Waals surface area contributed by atoms with Crippen LogP contribution in [0, 0.1) is 6.92 Å². The number of aryl methyl sites for hydroxylation is 1. The summed E-state index contributed by atoms with van der Waals surface area (Å²) < 4.78 is 0. The van der Waals surface area contributed by atoms with Crippen LogP contribution >= 0.6 is 0 Å². The number of carbonyl (C=O) groups excluding carboxylic acids is 1. The van der Waals surface area contributed by atoms with Crippen molar-refractivity contribution in [2.24, 2.45) is 0 Å². The van der Waals surface area contributed by atoms with Crippen molar-refractivity contribution in [1.29, 1.82) is 0 Å². The fraction of sp³-hybridized carbons (Fsp3) is 0.115. The predicted octanol–water partition coefficient (Wildman–Crippen LogP) is 5.15. The largest absolute Gasteiger partial charge is 0.362 e. The summed E-state index contributed by atoms with van der Waals surface area (Å²) in [4.78, 5) is 33.3. The van der Waals surface area contributed by atoms with Crippen LogP contribution in [-0.4, -0.2) is 30.8 Å². The number of carbonyl (C=O) groups is 1. The van der Waals surface area contributed by atoms with Crippen LogP contribution in [0.2, 0.25) is 0 Å². The van der Waals surface area contributed by atoms with Gasteiger partial charge in [0.25, 0.3) is 5.91 Å². The number of aromatic nitrogens is 5. The number of hydrogen-bond acceptors (Lipinski definition) is 6. The van der Waals surface area contributed by atoms with E-state index in [4.69, 9.17) is 4.98 Å². The Morgan fingerprint density at radius 3 is 2.71 bits per heavy atom. The lowest BCUT2D eigenvalue weighted by atomic mass is 10.1. The van der Waals surface area contributed by atoms with Gasteiger partial charge in [0.15, 0.2) is 5.65 Å². The lowest BCUT2D eigenvalue weighted by Crippen LogP contribution is -2.13. The van der Waals surface area contributed by atoms with Crippen molar-refractivity contribution >= 4 is 28.6 Å². The standard InChI is InChI=1S/C26H23N7O/c1-16-10-20(13-28-12-16)26(34)32-21-5-3-4-19(11-21)17(2)31-23-15-30-25-24(33-23)22(14-29-25)18-6-8-27-9-7-18/h3-15,17H,1-2H3,(H,29,30)(H,31,33)(H,32,34)/t17-/m0/s1. The first kappa shape index (κ1) is 21.3. The summed E-state index contributed by atoms with van der Waals surface area (Å²) in [5, 5.41) is 6.36. The molecule has 0 radical (unpaired) electrons. The van der Waals surface area contributed by atoms with Crippen LogP contribution in [0.5, 0.6) is 0 Å². The van der Waals surface area contributed by atoms with E-state index >= 15 is 0 Å². The first-order valence-corrected chi connectivity index (χ1v) is 10.9. The number of anilines is 2. The van der Waals surface area contributed by atoms with Gasteiger partial charge in [0.2, 0.25) is 0 Å². The van der Waals surface area contributed by atoms with Gasteiger partial charge in [-0.25, -0.2) is 9.97 Å². The number of nitrogens with one attached hydrogen (secondary N) is 3. The van der Waals surface area contributed by atoms with Crippen LogP contribution < -0.4 is 10.6 Å². The molecule has 0 saturated heterocycles. The van der Waals surface area contributed by atoms with Gasteiger partial charge in [0, 0.05) is 42.2 Å². The highest BCUT2D eigenvalue weighted by Crippen LogP contribution is 2.28. The van der Waals surface area contributed by atoms with Crippen molar-refractivity contribution in [2.75, 3.05) is 10.6 Å². The first-order chi connectivity index (χ1) is 16.6. The van der Waals surface area contributed by atoms with E-state index in [1.807, 2.05) is 62.5 Å². The van der Waals surface area contributed by atoms with Gasteiger partial charge in [-0.05, 0) is 60.9 Å². The normalized spacial score (nSPS) is 11.8. The first-order valence-electron chi connectivity index (χ1n) is 10.9. The van der Waals surface area contributed by atoms with E-state index in [1.165, 1.54) is 0 Å². The fourth-order valence-corrected chi connectivity index (χ4v) is 3.79. The molecule has 0 saturated carbocycles. The van der Waals surface area contributed by atoms with Gasteiger partial charge in [-0.1, -0.05) is 12.1 Å². The average molecular weight is 450 g/mol. The maximum Gasteiger partial charge on any atom is 0.257 e. The molecule has 5 aromatic rings. The summed E-state index contributed by atoms with van der Waals surface area (Å²) in [6, 6.07) is 13.4. The Hall–Kier alpha value is -4.59. The molecule has 168 valence electrons. The molecule has 3 N–H and O–H groups in total. The van der Waals surface area contributed by atoms with E-state index in [2.05, 4.69) is 30.6 Å². The maximum atomic E-state index is 12.6. The molecule has 4 aromatic heterocycles. The maximum absolute atomic E-state index is 12.6. The highest BCUT2D eigenvalue weighted by molar-refractivity contribution is 6.04. The second-order valence-electron chi connectivity index (χ2n) is 8.09. The molecule has 4 heterocycles. The monoisotopic (exact) mass is 449 g/mol. The van der Waals surface area contributed by atoms with Crippen molar-refractivity contribution < 1.29 is 4.79 Å². The molecule has 34 heavy (non-hydrogen) atoms. The predicted molar refractivity (Wildman–Crippen MR) is 133 cm³/mol. The number of nitrogens with zero attached hydrogens (tertiary/aromatic N) is 4. The minimum absolute atomic E-state index is 0.0624. The molecule has 0 unspecified atom stereocenters. The molecule has 8 nitrogen and oxygen atoms in total. The van der Waals surface area contributed by atoms with Crippen LogP contribution in [0.1, 0.15) is 34.5 Å². The SMILES string of the molecule is Cc1cncc(C(=O)Nc2cccc([C@H](C)Nc3cnc4[nH]cc(-c5ccncc5)c4n3)c2)c1. The number of rotatable bonds is 6. The topological polar surface area (TPSA) is 108 Å². The molecule has 0 bridgehead atoms. The van der Waals surface area contributed by atoms with Gasteiger partial charge in [-0.3, -0.25) is 14.8 Å². The molecule has 1 amide bonds. The number of fused-ring (bicyclic) bond motifs is 1. The number of hydrogen-bond donors (Lipinski definition) is 3. The number of H-pyrrole nitrogens is 1. The fourth-order valence-electron chi connectivity index (χ4n) is 3.79. The Balaban J connectivity index is 1.34. The Morgan fingerprint density at radius 2 is 1.88 bits per heavy atom. The highest BCUT2D eigenvalue weighted by Gasteiger charge is 2.13. The van der Waals surface area contributed by atoms with E-state index in [-0.39, 0.29) is 11.9 Å². The van der Waals surface area contributed by atoms with Crippen molar-refractivity contribution in [3.63, 3.8) is 0 Å². The summed E-state index contributed by atoms with van der Waals surface area (Å²) in [5.41, 5.74) is 6.68. The molecule has 5 rings (SSSR count). The van der Waals surface area contributed by atoms with E-state index in [1.54, 1.807) is 31.0 Å². The van der Waals surface area contributed by atoms with Crippen molar-refractivity contribution in [1.82, 2.24) is 24.9 Å². The van der Waals surface area contributed by atoms with Gasteiger partial charge in [-0.2, -0.15) is 0 Å². The van der Waals surface area contributed by atoms with Crippen LogP contribution in [0.4, 0.5) is 11.5 Å². The zero-order chi connectivity index (χ0) is 23.5. The van der Waals surface area contributed by atoms with Crippen LogP contribution in [0.25, 0.3) is 22.3 Å². The molecule has 8 heteroatoms. The smallest absolute Gasteiger partial charge is 0.257 e. The minimum atomic E-state index is -0.193. The second-order valence-corrected chi connectivity index (χ2v) is 8.09. The van der Waals surface area contributed by atoms with E-state index in [0.29, 0.717) is 17.1 Å². The Kier molecular flexibility index (Phi) is 5.70. The third kappa shape index (κ3) is 4.47. The molecule has 1 aromatic carbocycles. The minimum Gasteiger partial charge on any atom is -0.362 e. The van der Waals surface area contributed by atoms with Gasteiger partial charge in [0.1, 0.15) is 11.3 Å². The van der Waals surface area contributed by atoms with E-state index in [9.17, 15) is 4.79 Å². The second kappa shape index (κ2) is 9.11. The quantitative estimate of drug-likeness (QED) is 0.331. The molecule has 0 aliphatic carbocycles. The summed E-state index contributed by atoms with van der Waals surface area (Å²) >= 11 is 0. The van der Waals surface area contributed by atoms with Crippen molar-refractivity contribution in [3.8, 4) is 11.1 Å². The number of aromatic amines is 1. The number of pyridine rings is 2. The molecule has 0 aliphatic rings. The van der Waals surface area contributed by atoms with Crippen LogP contribution in [0.3, 0.4) is 0 Å². The zero-order valence-electron chi connectivity index (χ0n) is 18.8. The summed E-state index contributed by atoms with van der Waals surface area (Å²) in [7, 11) is 0. The van der Waals surface area contributed by atoms with Crippen LogP contribution in [-0.2, 0) is 0 Å². The third-order valence-electron chi connectivity index (χ3n) is 5.52. The molecule has 0 spiro atoms. The number of amides is 1. The summed E-state index contributed by atoms with van der Waals surface area (Å²) in [6.07, 6.45) is 10.4. The molecular formula is C26H23N7O. The van der Waals surface area contributed by atoms with Gasteiger partial charge < -0.3 is 15.6 Å². The lowest BCUT2D eigenvalue weighted by Gasteiger charge is -2.16. The molecular weight excluding hydrogens is 426 g/mol. The van der Waals surface area contributed by atoms with Crippen molar-refractivity contribution in [3.05, 3.63) is 96.3 Å². The Bertz CT molecular complexity index is 1460. The average Bonchev–Trinajstić information content (AvgIpc) is 3.28. The van der Waals surface area contributed by atoms with E-state index in [0.717, 1.165) is 33.4 Å². The Morgan fingerprint density at radius 1 is 1.03 bits per heavy atom. The summed E-state index contributed by atoms with van der Waals surface area (Å²) in [5.74, 6) is 0.469. The molecule has 1 atom stereocenters. The number of benzene rings is 1. The Labute approximate surface area is 196 Å².